The van der Waals surface area contributed by atoms with Crippen molar-refractivity contribution in [1.82, 2.24) is 4.57 Å². The molecule has 0 radical (unpaired) electrons. The van der Waals surface area contributed by atoms with E-state index in [0.29, 0.717) is 49.3 Å². The number of hydrogen-bond acceptors (Lipinski definition) is 8. The Morgan fingerprint density at radius 2 is 1.88 bits per heavy atom. The standard InChI is InChI=1S/C31H23ClI2N2O6S/c1-3-39-30(38)26-16(2)35-31-36(27(26)18-8-9-23-24(13-18)42-15-41-23)29(37)25(43-31)12-17-10-21(33)28(22(34)11-17)40-14-19-6-4-5-7-20(19)32/h4-13,27H,3,14-15H2,1-2H3/b25-12+/t27-/m1/s1. The topological polar surface area (TPSA) is 88.4 Å². The van der Waals surface area contributed by atoms with Crippen LogP contribution >= 0.6 is 68.1 Å². The smallest absolute Gasteiger partial charge is 0.338 e. The quantitative estimate of drug-likeness (QED) is 0.169. The highest BCUT2D eigenvalue weighted by molar-refractivity contribution is 14.1. The maximum Gasteiger partial charge on any atom is 0.338 e. The third-order valence-corrected chi connectivity index (χ3v) is 9.83. The molecule has 3 heterocycles. The zero-order valence-electron chi connectivity index (χ0n) is 22.9. The van der Waals surface area contributed by atoms with Crippen molar-refractivity contribution in [3.63, 3.8) is 0 Å². The van der Waals surface area contributed by atoms with Crippen LogP contribution in [0.4, 0.5) is 0 Å². The summed E-state index contributed by atoms with van der Waals surface area (Å²) in [6.45, 7) is 4.15. The Balaban J connectivity index is 1.41. The van der Waals surface area contributed by atoms with Crippen molar-refractivity contribution in [2.75, 3.05) is 13.4 Å². The molecule has 8 nitrogen and oxygen atoms in total. The van der Waals surface area contributed by atoms with E-state index in [0.717, 1.165) is 24.0 Å². The summed E-state index contributed by atoms with van der Waals surface area (Å²) in [7, 11) is 0. The number of nitrogens with zero attached hydrogens (tertiary/aromatic N) is 2. The molecule has 220 valence electrons. The molecule has 0 N–H and O–H groups in total. The maximum absolute atomic E-state index is 14.0. The van der Waals surface area contributed by atoms with Crippen molar-refractivity contribution in [3.05, 3.63) is 114 Å². The van der Waals surface area contributed by atoms with Gasteiger partial charge in [-0.15, -0.1) is 0 Å². The largest absolute Gasteiger partial charge is 0.487 e. The molecule has 4 aromatic rings. The molecular weight excluding hydrogens is 818 g/mol. The number of carbonyl (C=O) groups excluding carboxylic acids is 1. The first-order valence-electron chi connectivity index (χ1n) is 13.2. The number of thiazole rings is 1. The molecule has 1 atom stereocenters. The third-order valence-electron chi connectivity index (χ3n) is 6.88. The van der Waals surface area contributed by atoms with Crippen LogP contribution in [-0.4, -0.2) is 23.9 Å². The van der Waals surface area contributed by atoms with E-state index in [1.54, 1.807) is 30.5 Å². The van der Waals surface area contributed by atoms with E-state index in [1.165, 1.54) is 11.3 Å². The van der Waals surface area contributed by atoms with Crippen LogP contribution in [0.5, 0.6) is 17.2 Å². The van der Waals surface area contributed by atoms with E-state index in [9.17, 15) is 9.59 Å². The number of ether oxygens (including phenoxy) is 4. The number of halogens is 3. The summed E-state index contributed by atoms with van der Waals surface area (Å²) in [4.78, 5) is 32.3. The molecule has 1 aromatic heterocycles. The summed E-state index contributed by atoms with van der Waals surface area (Å²) in [6.07, 6.45) is 1.84. The fourth-order valence-corrected chi connectivity index (χ4v) is 8.27. The summed E-state index contributed by atoms with van der Waals surface area (Å²) < 4.78 is 26.4. The zero-order valence-corrected chi connectivity index (χ0v) is 28.7. The molecule has 0 amide bonds. The molecule has 0 aliphatic carbocycles. The number of benzene rings is 3. The Labute approximate surface area is 282 Å². The van der Waals surface area contributed by atoms with Gasteiger partial charge in [-0.1, -0.05) is 47.2 Å². The second kappa shape index (κ2) is 12.6. The van der Waals surface area contributed by atoms with Gasteiger partial charge in [-0.2, -0.15) is 0 Å². The van der Waals surface area contributed by atoms with Crippen LogP contribution in [0.15, 0.2) is 75.7 Å². The molecule has 3 aromatic carbocycles. The Morgan fingerprint density at radius 3 is 2.63 bits per heavy atom. The molecule has 0 fully saturated rings. The van der Waals surface area contributed by atoms with Crippen molar-refractivity contribution in [2.24, 2.45) is 4.99 Å². The lowest BCUT2D eigenvalue weighted by Gasteiger charge is -2.24. The van der Waals surface area contributed by atoms with Crippen LogP contribution in [0.3, 0.4) is 0 Å². The van der Waals surface area contributed by atoms with Crippen molar-refractivity contribution in [2.45, 2.75) is 26.5 Å². The Morgan fingerprint density at radius 1 is 1.14 bits per heavy atom. The van der Waals surface area contributed by atoms with Gasteiger partial charge < -0.3 is 18.9 Å². The molecule has 0 unspecified atom stereocenters. The number of esters is 1. The van der Waals surface area contributed by atoms with Gasteiger partial charge in [-0.3, -0.25) is 9.36 Å². The fourth-order valence-electron chi connectivity index (χ4n) is 4.91. The fraction of sp³-hybridized carbons (Fsp3) is 0.194. The second-order valence-corrected chi connectivity index (χ2v) is 13.3. The van der Waals surface area contributed by atoms with Gasteiger partial charge in [0.2, 0.25) is 6.79 Å². The first kappa shape index (κ1) is 30.2. The summed E-state index contributed by atoms with van der Waals surface area (Å²) in [5.41, 5.74) is 2.98. The van der Waals surface area contributed by atoms with Gasteiger partial charge in [0.05, 0.1) is 35.6 Å². The maximum atomic E-state index is 14.0. The van der Waals surface area contributed by atoms with E-state index in [2.05, 4.69) is 50.2 Å². The van der Waals surface area contributed by atoms with E-state index in [-0.39, 0.29) is 19.0 Å². The average molecular weight is 841 g/mol. The Hall–Kier alpha value is -2.88. The van der Waals surface area contributed by atoms with Gasteiger partial charge in [-0.25, -0.2) is 9.79 Å². The van der Waals surface area contributed by atoms with Gasteiger partial charge in [0.15, 0.2) is 16.3 Å². The first-order chi connectivity index (χ1) is 20.7. The molecule has 0 saturated carbocycles. The zero-order chi connectivity index (χ0) is 30.2. The SMILES string of the molecule is CCOC(=O)C1=C(C)N=c2s/c(=C/c3cc(I)c(OCc4ccccc4Cl)c(I)c3)c(=O)n2[C@@H]1c1ccc2c(c1)OCO2. The van der Waals surface area contributed by atoms with Crippen molar-refractivity contribution in [3.8, 4) is 17.2 Å². The molecule has 2 aliphatic rings. The molecule has 0 saturated heterocycles. The summed E-state index contributed by atoms with van der Waals surface area (Å²) >= 11 is 12.0. The number of carbonyl (C=O) groups is 1. The minimum Gasteiger partial charge on any atom is -0.487 e. The lowest BCUT2D eigenvalue weighted by Crippen LogP contribution is -2.39. The van der Waals surface area contributed by atoms with E-state index < -0.39 is 12.0 Å². The predicted octanol–water partition coefficient (Wildman–Crippen LogP) is 5.97. The van der Waals surface area contributed by atoms with Gasteiger partial charge >= 0.3 is 5.97 Å². The van der Waals surface area contributed by atoms with Crippen LogP contribution in [0.25, 0.3) is 6.08 Å². The molecule has 0 spiro atoms. The highest BCUT2D eigenvalue weighted by Gasteiger charge is 2.34. The van der Waals surface area contributed by atoms with Crippen molar-refractivity contribution < 1.29 is 23.7 Å². The monoisotopic (exact) mass is 840 g/mol. The molecule has 43 heavy (non-hydrogen) atoms. The Bertz CT molecular complexity index is 1960. The van der Waals surface area contributed by atoms with Gasteiger partial charge in [0.25, 0.3) is 5.56 Å². The highest BCUT2D eigenvalue weighted by atomic mass is 127. The second-order valence-electron chi connectivity index (χ2n) is 9.61. The first-order valence-corrected chi connectivity index (χ1v) is 16.5. The van der Waals surface area contributed by atoms with Gasteiger partial charge in [0, 0.05) is 10.6 Å². The lowest BCUT2D eigenvalue weighted by molar-refractivity contribution is -0.139. The third kappa shape index (κ3) is 5.96. The average Bonchev–Trinajstić information content (AvgIpc) is 3.56. The molecule has 2 aliphatic heterocycles. The van der Waals surface area contributed by atoms with Crippen LogP contribution in [-0.2, 0) is 16.1 Å². The van der Waals surface area contributed by atoms with E-state index in [1.807, 2.05) is 48.5 Å². The number of aromatic nitrogens is 1. The van der Waals surface area contributed by atoms with Crippen LogP contribution < -0.4 is 29.1 Å². The molecule has 0 bridgehead atoms. The molecular formula is C31H23ClI2N2O6S. The van der Waals surface area contributed by atoms with Crippen molar-refractivity contribution in [1.29, 1.82) is 0 Å². The van der Waals surface area contributed by atoms with Crippen LogP contribution in [0, 0.1) is 7.14 Å². The summed E-state index contributed by atoms with van der Waals surface area (Å²) in [6, 6.07) is 16.2. The molecule has 6 rings (SSSR count). The van der Waals surface area contributed by atoms with E-state index >= 15 is 0 Å². The molecule has 12 heteroatoms. The minimum atomic E-state index is -0.743. The minimum absolute atomic E-state index is 0.114. The van der Waals surface area contributed by atoms with Crippen LogP contribution in [0.2, 0.25) is 5.02 Å². The highest BCUT2D eigenvalue weighted by Crippen LogP contribution is 2.38. The summed E-state index contributed by atoms with van der Waals surface area (Å²) in [5.74, 6) is 1.39. The van der Waals surface area contributed by atoms with Crippen LogP contribution in [0.1, 0.15) is 36.6 Å². The van der Waals surface area contributed by atoms with Gasteiger partial charge in [-0.05, 0) is 107 Å². The number of fused-ring (bicyclic) bond motifs is 2. The van der Waals surface area contributed by atoms with Gasteiger partial charge in [0.1, 0.15) is 12.4 Å². The number of rotatable bonds is 7. The summed E-state index contributed by atoms with van der Waals surface area (Å²) in [5, 5.41) is 0.653. The van der Waals surface area contributed by atoms with Crippen molar-refractivity contribution >= 4 is 80.2 Å². The Kier molecular flexibility index (Phi) is 8.85. The number of hydrogen-bond donors (Lipinski definition) is 0. The predicted molar refractivity (Wildman–Crippen MR) is 181 cm³/mol. The van der Waals surface area contributed by atoms with E-state index in [4.69, 9.17) is 30.5 Å². The lowest BCUT2D eigenvalue weighted by atomic mass is 9.95. The normalized spacial score (nSPS) is 15.7. The number of allylic oxidation sites excluding steroid dienone is 1.